The Bertz CT molecular complexity index is 502. The summed E-state index contributed by atoms with van der Waals surface area (Å²) in [5.74, 6) is 0. The number of hydrogen-bond acceptors (Lipinski definition) is 5. The van der Waals surface area contributed by atoms with Crippen molar-refractivity contribution in [2.45, 2.75) is 17.9 Å². The first-order valence-electron chi connectivity index (χ1n) is 5.50. The molecule has 0 radical (unpaired) electrons. The Morgan fingerprint density at radius 2 is 2.11 bits per heavy atom. The second kappa shape index (κ2) is 6.03. The van der Waals surface area contributed by atoms with Gasteiger partial charge in [0.05, 0.1) is 11.8 Å². The highest BCUT2D eigenvalue weighted by molar-refractivity contribution is 7.89. The Hall–Kier alpha value is -1.31. The molecule has 0 spiro atoms. The van der Waals surface area contributed by atoms with E-state index in [4.69, 9.17) is 10.5 Å². The van der Waals surface area contributed by atoms with E-state index < -0.39 is 10.0 Å². The van der Waals surface area contributed by atoms with E-state index in [0.29, 0.717) is 17.9 Å². The van der Waals surface area contributed by atoms with Crippen LogP contribution in [0.5, 0.6) is 0 Å². The quantitative estimate of drug-likeness (QED) is 0.661. The highest BCUT2D eigenvalue weighted by Crippen LogP contribution is 2.23. The fourth-order valence-electron chi connectivity index (χ4n) is 1.35. The van der Waals surface area contributed by atoms with E-state index in [1.165, 1.54) is 13.1 Å². The number of sulfonamides is 1. The zero-order valence-corrected chi connectivity index (χ0v) is 11.5. The molecule has 0 saturated heterocycles. The molecule has 0 aliphatic rings. The van der Waals surface area contributed by atoms with Gasteiger partial charge in [-0.05, 0) is 32.2 Å². The van der Waals surface area contributed by atoms with Crippen molar-refractivity contribution < 1.29 is 13.2 Å². The first-order valence-corrected chi connectivity index (χ1v) is 6.98. The van der Waals surface area contributed by atoms with Crippen LogP contribution >= 0.6 is 0 Å². The molecule has 0 heterocycles. The van der Waals surface area contributed by atoms with Gasteiger partial charge in [-0.15, -0.1) is 0 Å². The van der Waals surface area contributed by atoms with E-state index >= 15 is 0 Å². The number of rotatable bonds is 6. The lowest BCUT2D eigenvalue weighted by Gasteiger charge is -2.15. The van der Waals surface area contributed by atoms with Crippen molar-refractivity contribution in [1.29, 1.82) is 0 Å². The summed E-state index contributed by atoms with van der Waals surface area (Å²) >= 11 is 0. The average Bonchev–Trinajstić information content (AvgIpc) is 2.36. The molecule has 0 fully saturated rings. The van der Waals surface area contributed by atoms with Crippen LogP contribution in [0.3, 0.4) is 0 Å². The minimum atomic E-state index is -3.54. The van der Waals surface area contributed by atoms with Crippen LogP contribution in [-0.2, 0) is 14.8 Å². The monoisotopic (exact) mass is 273 g/mol. The highest BCUT2D eigenvalue weighted by atomic mass is 32.2. The van der Waals surface area contributed by atoms with Gasteiger partial charge in [-0.1, -0.05) is 0 Å². The molecule has 1 aromatic carbocycles. The van der Waals surface area contributed by atoms with Crippen LogP contribution < -0.4 is 15.8 Å². The predicted molar refractivity (Wildman–Crippen MR) is 72.1 cm³/mol. The minimum Gasteiger partial charge on any atom is -0.399 e. The second-order valence-electron chi connectivity index (χ2n) is 3.89. The van der Waals surface area contributed by atoms with Gasteiger partial charge in [-0.2, -0.15) is 0 Å². The molecule has 0 bridgehead atoms. The van der Waals surface area contributed by atoms with Crippen LogP contribution in [0.15, 0.2) is 23.1 Å². The largest absolute Gasteiger partial charge is 0.399 e. The van der Waals surface area contributed by atoms with Gasteiger partial charge >= 0.3 is 0 Å². The van der Waals surface area contributed by atoms with Crippen LogP contribution in [0.1, 0.15) is 6.92 Å². The molecule has 102 valence electrons. The normalized spacial score (nSPS) is 13.3. The summed E-state index contributed by atoms with van der Waals surface area (Å²) in [7, 11) is -0.580. The van der Waals surface area contributed by atoms with E-state index in [1.54, 1.807) is 19.2 Å². The standard InChI is InChI=1S/C11H19N3O3S/c1-8(17-3)7-14-10-5-4-9(12)6-11(10)18(15,16)13-2/h4-6,8,13-14H,7,12H2,1-3H3. The Kier molecular flexibility index (Phi) is 4.94. The fourth-order valence-corrected chi connectivity index (χ4v) is 2.30. The SMILES string of the molecule is CNS(=O)(=O)c1cc(N)ccc1NCC(C)OC. The predicted octanol–water partition coefficient (Wildman–Crippen LogP) is 0.624. The van der Waals surface area contributed by atoms with Gasteiger partial charge < -0.3 is 15.8 Å². The number of benzene rings is 1. The van der Waals surface area contributed by atoms with E-state index in [-0.39, 0.29) is 11.0 Å². The van der Waals surface area contributed by atoms with Crippen molar-refractivity contribution >= 4 is 21.4 Å². The summed E-state index contributed by atoms with van der Waals surface area (Å²) in [6, 6.07) is 4.71. The lowest BCUT2D eigenvalue weighted by atomic mass is 10.2. The second-order valence-corrected chi connectivity index (χ2v) is 5.75. The van der Waals surface area contributed by atoms with Crippen LogP contribution in [0.4, 0.5) is 11.4 Å². The van der Waals surface area contributed by atoms with Gasteiger partial charge in [0.2, 0.25) is 10.0 Å². The highest BCUT2D eigenvalue weighted by Gasteiger charge is 2.17. The van der Waals surface area contributed by atoms with Crippen molar-refractivity contribution in [3.8, 4) is 0 Å². The average molecular weight is 273 g/mol. The molecule has 0 saturated carbocycles. The van der Waals surface area contributed by atoms with E-state index in [1.807, 2.05) is 6.92 Å². The van der Waals surface area contributed by atoms with E-state index in [2.05, 4.69) is 10.0 Å². The van der Waals surface area contributed by atoms with Crippen LogP contribution in [-0.4, -0.2) is 35.2 Å². The lowest BCUT2D eigenvalue weighted by molar-refractivity contribution is 0.128. The van der Waals surface area contributed by atoms with E-state index in [0.717, 1.165) is 0 Å². The minimum absolute atomic E-state index is 0.0207. The molecule has 18 heavy (non-hydrogen) atoms. The van der Waals surface area contributed by atoms with Crippen molar-refractivity contribution in [1.82, 2.24) is 4.72 Å². The molecular weight excluding hydrogens is 254 g/mol. The molecule has 0 amide bonds. The third kappa shape index (κ3) is 3.59. The van der Waals surface area contributed by atoms with Gasteiger partial charge in [-0.3, -0.25) is 0 Å². The third-order valence-electron chi connectivity index (χ3n) is 2.55. The number of hydrogen-bond donors (Lipinski definition) is 3. The van der Waals surface area contributed by atoms with Crippen LogP contribution in [0.2, 0.25) is 0 Å². The first kappa shape index (κ1) is 14.7. The number of methoxy groups -OCH3 is 1. The smallest absolute Gasteiger partial charge is 0.242 e. The summed E-state index contributed by atoms with van der Waals surface area (Å²) in [6.07, 6.45) is -0.0207. The van der Waals surface area contributed by atoms with Gasteiger partial charge in [0.15, 0.2) is 0 Å². The van der Waals surface area contributed by atoms with Gasteiger partial charge in [0.25, 0.3) is 0 Å². The maximum Gasteiger partial charge on any atom is 0.242 e. The van der Waals surface area contributed by atoms with Crippen molar-refractivity contribution in [3.05, 3.63) is 18.2 Å². The Morgan fingerprint density at radius 3 is 2.67 bits per heavy atom. The summed E-state index contributed by atoms with van der Waals surface area (Å²) in [6.45, 7) is 2.39. The summed E-state index contributed by atoms with van der Waals surface area (Å²) in [5, 5.41) is 3.03. The topological polar surface area (TPSA) is 93.5 Å². The number of anilines is 2. The van der Waals surface area contributed by atoms with Crippen molar-refractivity contribution in [2.24, 2.45) is 0 Å². The molecule has 1 unspecified atom stereocenters. The number of nitrogen functional groups attached to an aromatic ring is 1. The Labute approximate surface area is 108 Å². The first-order chi connectivity index (χ1) is 8.40. The van der Waals surface area contributed by atoms with Gasteiger partial charge in [0, 0.05) is 19.3 Å². The number of nitrogens with two attached hydrogens (primary N) is 1. The molecule has 1 atom stereocenters. The molecular formula is C11H19N3O3S. The van der Waals surface area contributed by atoms with Gasteiger partial charge in [-0.25, -0.2) is 13.1 Å². The molecule has 0 aromatic heterocycles. The molecule has 0 aliphatic heterocycles. The van der Waals surface area contributed by atoms with Crippen LogP contribution in [0, 0.1) is 0 Å². The summed E-state index contributed by atoms with van der Waals surface area (Å²) in [5.41, 5.74) is 6.52. The lowest BCUT2D eigenvalue weighted by Crippen LogP contribution is -2.23. The van der Waals surface area contributed by atoms with Crippen LogP contribution in [0.25, 0.3) is 0 Å². The Balaban J connectivity index is 3.05. The van der Waals surface area contributed by atoms with Gasteiger partial charge in [0.1, 0.15) is 4.90 Å². The summed E-state index contributed by atoms with van der Waals surface area (Å²) in [4.78, 5) is 0.133. The van der Waals surface area contributed by atoms with Crippen molar-refractivity contribution in [2.75, 3.05) is 31.8 Å². The molecule has 1 aromatic rings. The maximum atomic E-state index is 11.9. The molecule has 7 heteroatoms. The maximum absolute atomic E-state index is 11.9. The molecule has 0 aliphatic carbocycles. The number of nitrogens with one attached hydrogen (secondary N) is 2. The molecule has 4 N–H and O–H groups in total. The Morgan fingerprint density at radius 1 is 1.44 bits per heavy atom. The fraction of sp³-hybridized carbons (Fsp3) is 0.455. The van der Waals surface area contributed by atoms with E-state index in [9.17, 15) is 8.42 Å². The summed E-state index contributed by atoms with van der Waals surface area (Å²) < 4.78 is 31.1. The zero-order chi connectivity index (χ0) is 13.8. The van der Waals surface area contributed by atoms with Crippen molar-refractivity contribution in [3.63, 3.8) is 0 Å². The molecule has 1 rings (SSSR count). The number of ether oxygens (including phenoxy) is 1. The third-order valence-corrected chi connectivity index (χ3v) is 4.00. The molecule has 6 nitrogen and oxygen atoms in total. The zero-order valence-electron chi connectivity index (χ0n) is 10.7.